The van der Waals surface area contributed by atoms with Crippen LogP contribution in [-0.2, 0) is 0 Å². The van der Waals surface area contributed by atoms with Crippen LogP contribution in [0.1, 0.15) is 0 Å². The summed E-state index contributed by atoms with van der Waals surface area (Å²) in [7, 11) is 0. The number of benzene rings is 6. The average molecular weight is 517 g/mol. The fraction of sp³-hybridized carbons (Fsp3) is 0. The molecule has 2 heterocycles. The van der Waals surface area contributed by atoms with Crippen molar-refractivity contribution in [2.45, 2.75) is 0 Å². The van der Waals surface area contributed by atoms with Gasteiger partial charge in [-0.2, -0.15) is 0 Å². The highest BCUT2D eigenvalue weighted by Gasteiger charge is 2.20. The number of para-hydroxylation sites is 3. The van der Waals surface area contributed by atoms with Gasteiger partial charge in [0, 0.05) is 53.7 Å². The highest BCUT2D eigenvalue weighted by Crippen LogP contribution is 2.45. The van der Waals surface area contributed by atoms with Crippen molar-refractivity contribution in [1.82, 2.24) is 4.57 Å². The maximum atomic E-state index is 2.42. The lowest BCUT2D eigenvalue weighted by Gasteiger charge is -2.25. The van der Waals surface area contributed by atoms with Crippen molar-refractivity contribution in [1.29, 1.82) is 0 Å². The van der Waals surface area contributed by atoms with Gasteiger partial charge in [-0.15, -0.1) is 11.3 Å². The van der Waals surface area contributed by atoms with Gasteiger partial charge >= 0.3 is 0 Å². The van der Waals surface area contributed by atoms with Crippen LogP contribution in [-0.4, -0.2) is 4.57 Å². The van der Waals surface area contributed by atoms with Crippen molar-refractivity contribution in [3.8, 4) is 5.69 Å². The Labute approximate surface area is 230 Å². The number of aromatic nitrogens is 1. The second-order valence-corrected chi connectivity index (χ2v) is 10.9. The van der Waals surface area contributed by atoms with Crippen molar-refractivity contribution in [2.24, 2.45) is 0 Å². The van der Waals surface area contributed by atoms with Crippen molar-refractivity contribution >= 4 is 70.4 Å². The van der Waals surface area contributed by atoms with Crippen LogP contribution in [0.2, 0.25) is 0 Å². The van der Waals surface area contributed by atoms with E-state index in [1.54, 1.807) is 0 Å². The summed E-state index contributed by atoms with van der Waals surface area (Å²) in [6.07, 6.45) is 0. The Hall–Kier alpha value is -4.86. The highest BCUT2D eigenvalue weighted by molar-refractivity contribution is 7.26. The number of anilines is 3. The zero-order valence-corrected chi connectivity index (χ0v) is 22.0. The summed E-state index contributed by atoms with van der Waals surface area (Å²) in [6.45, 7) is 0. The molecule has 6 aromatic carbocycles. The molecule has 0 unspecified atom stereocenters. The molecule has 8 aromatic rings. The lowest BCUT2D eigenvalue weighted by Crippen LogP contribution is -2.09. The van der Waals surface area contributed by atoms with Crippen LogP contribution in [0, 0.1) is 0 Å². The molecule has 0 radical (unpaired) electrons. The maximum Gasteiger partial charge on any atom is 0.0562 e. The molecular weight excluding hydrogens is 492 g/mol. The summed E-state index contributed by atoms with van der Waals surface area (Å²) in [4.78, 5) is 2.33. The van der Waals surface area contributed by atoms with Gasteiger partial charge in [-0.3, -0.25) is 0 Å². The van der Waals surface area contributed by atoms with E-state index < -0.39 is 0 Å². The van der Waals surface area contributed by atoms with Crippen molar-refractivity contribution in [2.75, 3.05) is 4.90 Å². The molecular formula is C36H24N2S. The minimum atomic E-state index is 1.13. The zero-order chi connectivity index (χ0) is 25.8. The third-order valence-corrected chi connectivity index (χ3v) is 8.76. The number of hydrogen-bond donors (Lipinski definition) is 0. The minimum Gasteiger partial charge on any atom is -0.310 e. The molecule has 0 aliphatic heterocycles. The van der Waals surface area contributed by atoms with E-state index in [1.807, 2.05) is 11.3 Å². The number of fused-ring (bicyclic) bond motifs is 7. The minimum absolute atomic E-state index is 1.13. The molecule has 2 aromatic heterocycles. The van der Waals surface area contributed by atoms with Gasteiger partial charge in [0.05, 0.1) is 11.0 Å². The standard InChI is InChI=1S/C36H24N2S/c1-4-12-25(13-5-1)37(26-14-6-2-7-15-26)28-20-21-31-33(24-28)38(27-16-8-3-9-17-27)32-23-22-30-29-18-10-11-19-34(29)39-36(30)35(31)32/h1-24H. The number of rotatable bonds is 4. The number of thiophene rings is 1. The van der Waals surface area contributed by atoms with Gasteiger partial charge in [-0.05, 0) is 60.7 Å². The van der Waals surface area contributed by atoms with Crippen LogP contribution < -0.4 is 4.90 Å². The van der Waals surface area contributed by atoms with Crippen LogP contribution in [0.5, 0.6) is 0 Å². The molecule has 3 heteroatoms. The molecule has 39 heavy (non-hydrogen) atoms. The summed E-state index contributed by atoms with van der Waals surface area (Å²) in [5, 5.41) is 5.26. The van der Waals surface area contributed by atoms with Gasteiger partial charge in [-0.25, -0.2) is 0 Å². The van der Waals surface area contributed by atoms with Gasteiger partial charge in [0.2, 0.25) is 0 Å². The molecule has 0 N–H and O–H groups in total. The van der Waals surface area contributed by atoms with E-state index in [-0.39, 0.29) is 0 Å². The van der Waals surface area contributed by atoms with Crippen molar-refractivity contribution in [3.05, 3.63) is 146 Å². The van der Waals surface area contributed by atoms with E-state index in [0.29, 0.717) is 0 Å². The SMILES string of the molecule is c1ccc(N(c2ccccc2)c2ccc3c4c5sc6ccccc6c5ccc4n(-c4ccccc4)c3c2)cc1. The summed E-state index contributed by atoms with van der Waals surface area (Å²) < 4.78 is 5.10. The second-order valence-electron chi connectivity index (χ2n) is 9.81. The number of nitrogens with zero attached hydrogens (tertiary/aromatic N) is 2. The third-order valence-electron chi connectivity index (χ3n) is 7.56. The van der Waals surface area contributed by atoms with E-state index in [1.165, 1.54) is 47.7 Å². The van der Waals surface area contributed by atoms with Crippen LogP contribution in [0.15, 0.2) is 146 Å². The van der Waals surface area contributed by atoms with Crippen molar-refractivity contribution < 1.29 is 0 Å². The van der Waals surface area contributed by atoms with E-state index in [0.717, 1.165) is 17.1 Å². The second kappa shape index (κ2) is 8.87. The lowest BCUT2D eigenvalue weighted by molar-refractivity contribution is 1.18. The third kappa shape index (κ3) is 3.48. The van der Waals surface area contributed by atoms with E-state index in [2.05, 4.69) is 155 Å². The molecule has 0 aliphatic rings. The first-order chi connectivity index (χ1) is 19.4. The Morgan fingerprint density at radius 3 is 1.79 bits per heavy atom. The molecule has 0 aliphatic carbocycles. The van der Waals surface area contributed by atoms with E-state index in [9.17, 15) is 0 Å². The van der Waals surface area contributed by atoms with E-state index in [4.69, 9.17) is 0 Å². The number of hydrogen-bond acceptors (Lipinski definition) is 2. The van der Waals surface area contributed by atoms with Crippen LogP contribution in [0.25, 0.3) is 47.7 Å². The largest absolute Gasteiger partial charge is 0.310 e. The van der Waals surface area contributed by atoms with Crippen LogP contribution >= 0.6 is 11.3 Å². The fourth-order valence-corrected chi connectivity index (χ4v) is 7.13. The molecule has 0 bridgehead atoms. The van der Waals surface area contributed by atoms with Crippen LogP contribution in [0.3, 0.4) is 0 Å². The summed E-state index contributed by atoms with van der Waals surface area (Å²) in [5.41, 5.74) is 7.01. The molecule has 0 saturated heterocycles. The predicted octanol–water partition coefficient (Wildman–Crippen LogP) is 10.6. The molecule has 0 fully saturated rings. The first kappa shape index (κ1) is 22.2. The Bertz CT molecular complexity index is 2070. The molecule has 0 atom stereocenters. The Kier molecular flexibility index (Phi) is 5.04. The van der Waals surface area contributed by atoms with Gasteiger partial charge in [0.25, 0.3) is 0 Å². The van der Waals surface area contributed by atoms with Gasteiger partial charge < -0.3 is 9.47 Å². The fourth-order valence-electron chi connectivity index (χ4n) is 5.87. The monoisotopic (exact) mass is 516 g/mol. The average Bonchev–Trinajstić information content (AvgIpc) is 3.54. The molecule has 2 nitrogen and oxygen atoms in total. The lowest BCUT2D eigenvalue weighted by atomic mass is 10.1. The Morgan fingerprint density at radius 2 is 1.08 bits per heavy atom. The molecule has 8 rings (SSSR count). The Balaban J connectivity index is 1.47. The molecule has 0 spiro atoms. The molecule has 0 amide bonds. The topological polar surface area (TPSA) is 8.17 Å². The van der Waals surface area contributed by atoms with Gasteiger partial charge in [-0.1, -0.05) is 84.9 Å². The predicted molar refractivity (Wildman–Crippen MR) is 168 cm³/mol. The zero-order valence-electron chi connectivity index (χ0n) is 21.2. The maximum absolute atomic E-state index is 2.42. The summed E-state index contributed by atoms with van der Waals surface area (Å²) in [6, 6.07) is 52.2. The van der Waals surface area contributed by atoms with Gasteiger partial charge in [0.15, 0.2) is 0 Å². The smallest absolute Gasteiger partial charge is 0.0562 e. The summed E-state index contributed by atoms with van der Waals surface area (Å²) in [5.74, 6) is 0. The highest BCUT2D eigenvalue weighted by atomic mass is 32.1. The Morgan fingerprint density at radius 1 is 0.462 bits per heavy atom. The van der Waals surface area contributed by atoms with E-state index >= 15 is 0 Å². The molecule has 0 saturated carbocycles. The first-order valence-corrected chi connectivity index (χ1v) is 14.0. The first-order valence-electron chi connectivity index (χ1n) is 13.2. The normalized spacial score (nSPS) is 11.6. The van der Waals surface area contributed by atoms with Crippen LogP contribution in [0.4, 0.5) is 17.1 Å². The van der Waals surface area contributed by atoms with Crippen molar-refractivity contribution in [3.63, 3.8) is 0 Å². The quantitative estimate of drug-likeness (QED) is 0.226. The summed E-state index contributed by atoms with van der Waals surface area (Å²) >= 11 is 1.90. The molecule has 184 valence electrons. The van der Waals surface area contributed by atoms with Gasteiger partial charge in [0.1, 0.15) is 0 Å².